The first-order chi connectivity index (χ1) is 13.0. The minimum atomic E-state index is -3.50. The van der Waals surface area contributed by atoms with E-state index in [1.54, 1.807) is 59.5 Å². The number of nitrogens with zero attached hydrogens (tertiary/aromatic N) is 1. The molecule has 0 aromatic heterocycles. The van der Waals surface area contributed by atoms with E-state index < -0.39 is 9.84 Å². The van der Waals surface area contributed by atoms with Gasteiger partial charge in [-0.2, -0.15) is 0 Å². The molecule has 0 radical (unpaired) electrons. The fourth-order valence-electron chi connectivity index (χ4n) is 3.06. The van der Waals surface area contributed by atoms with Crippen molar-refractivity contribution in [3.05, 3.63) is 60.2 Å². The van der Waals surface area contributed by atoms with Crippen LogP contribution in [0.15, 0.2) is 59.5 Å². The van der Waals surface area contributed by atoms with Crippen LogP contribution in [0, 0.1) is 0 Å². The van der Waals surface area contributed by atoms with Crippen molar-refractivity contribution in [1.82, 2.24) is 4.90 Å². The number of rotatable bonds is 4. The molecular formula is C20H24N2O4S. The Morgan fingerprint density at radius 1 is 1.15 bits per heavy atom. The summed E-state index contributed by atoms with van der Waals surface area (Å²) < 4.78 is 31.0. The number of carbonyl (C=O) groups is 1. The van der Waals surface area contributed by atoms with E-state index in [0.29, 0.717) is 30.9 Å². The molecular weight excluding hydrogens is 364 g/mol. The number of nitrogens with one attached hydrogen (secondary N) is 1. The number of amides is 2. The topological polar surface area (TPSA) is 75.7 Å². The Hall–Kier alpha value is -2.38. The molecule has 6 nitrogen and oxygen atoms in total. The highest BCUT2D eigenvalue weighted by Gasteiger charge is 2.22. The van der Waals surface area contributed by atoms with Crippen LogP contribution in [0.1, 0.15) is 18.9 Å². The SMILES string of the molecule is CC1CN(C(=O)Nc2ccccc2CS(=O)(=O)c2ccccc2)CCCO1. The van der Waals surface area contributed by atoms with Gasteiger partial charge in [-0.3, -0.25) is 0 Å². The quantitative estimate of drug-likeness (QED) is 0.872. The van der Waals surface area contributed by atoms with E-state index in [1.807, 2.05) is 6.92 Å². The molecule has 2 aromatic rings. The molecule has 7 heteroatoms. The highest BCUT2D eigenvalue weighted by Crippen LogP contribution is 2.22. The van der Waals surface area contributed by atoms with Gasteiger partial charge in [-0.1, -0.05) is 36.4 Å². The third-order valence-corrected chi connectivity index (χ3v) is 6.13. The molecule has 1 unspecified atom stereocenters. The van der Waals surface area contributed by atoms with E-state index in [9.17, 15) is 13.2 Å². The molecule has 1 aliphatic heterocycles. The predicted octanol–water partition coefficient (Wildman–Crippen LogP) is 3.30. The summed E-state index contributed by atoms with van der Waals surface area (Å²) in [6.45, 7) is 3.69. The number of sulfone groups is 1. The number of para-hydroxylation sites is 1. The number of anilines is 1. The molecule has 0 bridgehead atoms. The minimum absolute atomic E-state index is 0.0213. The van der Waals surface area contributed by atoms with Crippen molar-refractivity contribution in [3.63, 3.8) is 0 Å². The van der Waals surface area contributed by atoms with Crippen molar-refractivity contribution in [1.29, 1.82) is 0 Å². The molecule has 3 rings (SSSR count). The average Bonchev–Trinajstić information content (AvgIpc) is 2.88. The molecule has 1 N–H and O–H groups in total. The normalized spacial score (nSPS) is 18.0. The zero-order valence-electron chi connectivity index (χ0n) is 15.3. The summed E-state index contributed by atoms with van der Waals surface area (Å²) in [4.78, 5) is 14.6. The summed E-state index contributed by atoms with van der Waals surface area (Å²) in [6.07, 6.45) is 0.758. The first kappa shape index (κ1) is 19.4. The lowest BCUT2D eigenvalue weighted by molar-refractivity contribution is 0.0718. The van der Waals surface area contributed by atoms with Crippen molar-refractivity contribution in [2.45, 2.75) is 30.1 Å². The molecule has 0 spiro atoms. The fourth-order valence-corrected chi connectivity index (χ4v) is 4.46. The molecule has 0 aliphatic carbocycles. The van der Waals surface area contributed by atoms with E-state index in [2.05, 4.69) is 5.32 Å². The Kier molecular flexibility index (Phi) is 6.13. The molecule has 1 atom stereocenters. The number of carbonyl (C=O) groups excluding carboxylic acids is 1. The number of ether oxygens (including phenoxy) is 1. The van der Waals surface area contributed by atoms with E-state index in [0.717, 1.165) is 6.42 Å². The maximum absolute atomic E-state index is 12.7. The van der Waals surface area contributed by atoms with Crippen molar-refractivity contribution in [2.75, 3.05) is 25.0 Å². The van der Waals surface area contributed by atoms with Gasteiger partial charge in [-0.25, -0.2) is 13.2 Å². The first-order valence-electron chi connectivity index (χ1n) is 8.99. The van der Waals surface area contributed by atoms with Crippen LogP contribution in [0.2, 0.25) is 0 Å². The number of hydrogen-bond donors (Lipinski definition) is 1. The lowest BCUT2D eigenvalue weighted by Gasteiger charge is -2.23. The summed E-state index contributed by atoms with van der Waals surface area (Å²) >= 11 is 0. The van der Waals surface area contributed by atoms with Gasteiger partial charge in [0.25, 0.3) is 0 Å². The fraction of sp³-hybridized carbons (Fsp3) is 0.350. The standard InChI is InChI=1S/C20H24N2O4S/c1-16-14-22(12-7-13-26-16)20(23)21-19-11-6-5-8-17(19)15-27(24,25)18-9-3-2-4-10-18/h2-6,8-11,16H,7,12-15H2,1H3,(H,21,23). The summed E-state index contributed by atoms with van der Waals surface area (Å²) in [5.74, 6) is -0.174. The highest BCUT2D eigenvalue weighted by molar-refractivity contribution is 7.90. The largest absolute Gasteiger partial charge is 0.377 e. The first-order valence-corrected chi connectivity index (χ1v) is 10.6. The second-order valence-corrected chi connectivity index (χ2v) is 8.63. The Labute approximate surface area is 160 Å². The van der Waals surface area contributed by atoms with Gasteiger partial charge >= 0.3 is 6.03 Å². The highest BCUT2D eigenvalue weighted by atomic mass is 32.2. The van der Waals surface area contributed by atoms with Crippen LogP contribution in [0.25, 0.3) is 0 Å². The summed E-state index contributed by atoms with van der Waals surface area (Å²) in [7, 11) is -3.50. The average molecular weight is 388 g/mol. The molecule has 1 saturated heterocycles. The van der Waals surface area contributed by atoms with Crippen molar-refractivity contribution in [2.24, 2.45) is 0 Å². The van der Waals surface area contributed by atoms with Gasteiger partial charge in [0.2, 0.25) is 0 Å². The Bertz CT molecular complexity index is 884. The summed E-state index contributed by atoms with van der Waals surface area (Å²) in [6, 6.07) is 15.1. The molecule has 0 saturated carbocycles. The summed E-state index contributed by atoms with van der Waals surface area (Å²) in [5.41, 5.74) is 1.08. The van der Waals surface area contributed by atoms with Gasteiger partial charge in [-0.15, -0.1) is 0 Å². The zero-order chi connectivity index (χ0) is 19.3. The molecule has 1 fully saturated rings. The predicted molar refractivity (Wildman–Crippen MR) is 104 cm³/mol. The zero-order valence-corrected chi connectivity index (χ0v) is 16.1. The number of urea groups is 1. The van der Waals surface area contributed by atoms with Crippen LogP contribution in [-0.4, -0.2) is 45.1 Å². The van der Waals surface area contributed by atoms with Crippen LogP contribution in [-0.2, 0) is 20.3 Å². The van der Waals surface area contributed by atoms with Crippen LogP contribution in [0.4, 0.5) is 10.5 Å². The second kappa shape index (κ2) is 8.54. The Morgan fingerprint density at radius 2 is 1.85 bits per heavy atom. The van der Waals surface area contributed by atoms with E-state index in [-0.39, 0.29) is 22.8 Å². The molecule has 1 heterocycles. The van der Waals surface area contributed by atoms with Crippen LogP contribution >= 0.6 is 0 Å². The lowest BCUT2D eigenvalue weighted by atomic mass is 10.2. The third kappa shape index (κ3) is 5.08. The number of benzene rings is 2. The van der Waals surface area contributed by atoms with Crippen LogP contribution in [0.3, 0.4) is 0 Å². The second-order valence-electron chi connectivity index (χ2n) is 6.64. The Balaban J connectivity index is 1.77. The Morgan fingerprint density at radius 3 is 2.63 bits per heavy atom. The van der Waals surface area contributed by atoms with Gasteiger partial charge in [0.1, 0.15) is 0 Å². The van der Waals surface area contributed by atoms with E-state index >= 15 is 0 Å². The van der Waals surface area contributed by atoms with E-state index in [1.165, 1.54) is 0 Å². The van der Waals surface area contributed by atoms with Crippen LogP contribution < -0.4 is 5.32 Å². The van der Waals surface area contributed by atoms with Gasteiger partial charge in [0.05, 0.1) is 16.8 Å². The van der Waals surface area contributed by atoms with Gasteiger partial charge < -0.3 is 15.0 Å². The lowest BCUT2D eigenvalue weighted by Crippen LogP contribution is -2.39. The van der Waals surface area contributed by atoms with Crippen molar-refractivity contribution >= 4 is 21.6 Å². The van der Waals surface area contributed by atoms with Gasteiger partial charge in [0, 0.05) is 25.4 Å². The van der Waals surface area contributed by atoms with Crippen molar-refractivity contribution in [3.8, 4) is 0 Å². The van der Waals surface area contributed by atoms with E-state index in [4.69, 9.17) is 4.74 Å². The smallest absolute Gasteiger partial charge is 0.321 e. The monoisotopic (exact) mass is 388 g/mol. The molecule has 2 aromatic carbocycles. The molecule has 1 aliphatic rings. The van der Waals surface area contributed by atoms with Gasteiger partial charge in [0.15, 0.2) is 9.84 Å². The molecule has 2 amide bonds. The minimum Gasteiger partial charge on any atom is -0.377 e. The molecule has 144 valence electrons. The van der Waals surface area contributed by atoms with Gasteiger partial charge in [-0.05, 0) is 37.1 Å². The number of hydrogen-bond acceptors (Lipinski definition) is 4. The van der Waals surface area contributed by atoms with Crippen LogP contribution in [0.5, 0.6) is 0 Å². The third-order valence-electron chi connectivity index (χ3n) is 4.45. The van der Waals surface area contributed by atoms with Crippen molar-refractivity contribution < 1.29 is 17.9 Å². The molecule has 27 heavy (non-hydrogen) atoms. The summed E-state index contributed by atoms with van der Waals surface area (Å²) in [5, 5.41) is 2.87. The maximum Gasteiger partial charge on any atom is 0.321 e. The maximum atomic E-state index is 12.7.